The van der Waals surface area contributed by atoms with Gasteiger partial charge in [0.15, 0.2) is 0 Å². The van der Waals surface area contributed by atoms with Crippen molar-refractivity contribution in [2.45, 2.75) is 31.4 Å². The second kappa shape index (κ2) is 3.19. The number of rotatable bonds is 2. The van der Waals surface area contributed by atoms with Crippen molar-refractivity contribution in [2.24, 2.45) is 0 Å². The summed E-state index contributed by atoms with van der Waals surface area (Å²) in [5.74, 6) is 0. The predicted octanol–water partition coefficient (Wildman–Crippen LogP) is -0.313. The molecule has 0 unspecified atom stereocenters. The molecule has 60 valence electrons. The highest BCUT2D eigenvalue weighted by Gasteiger charge is 2.19. The topological polar surface area (TPSA) is 3.24 Å². The van der Waals surface area contributed by atoms with Crippen LogP contribution in [-0.4, -0.2) is 37.6 Å². The fraction of sp³-hybridized carbons (Fsp3) is 1.00. The number of hydrogen-bond acceptors (Lipinski definition) is 1. The summed E-state index contributed by atoms with van der Waals surface area (Å²) >= 11 is 0. The van der Waals surface area contributed by atoms with Gasteiger partial charge in [-0.15, -0.1) is 0 Å². The molecule has 0 spiro atoms. The van der Waals surface area contributed by atoms with E-state index in [2.05, 4.69) is 18.4 Å². The maximum atomic E-state index is 2.74. The summed E-state index contributed by atoms with van der Waals surface area (Å²) < 4.78 is 3.51. The maximum Gasteiger partial charge on any atom is 0.0971 e. The first kappa shape index (κ1) is 8.49. The van der Waals surface area contributed by atoms with Crippen LogP contribution < -0.4 is 0 Å². The summed E-state index contributed by atoms with van der Waals surface area (Å²) in [5.41, 5.74) is 0. The van der Waals surface area contributed by atoms with Gasteiger partial charge in [-0.2, -0.15) is 0 Å². The molecular weight excluding hydrogens is 154 g/mol. The summed E-state index contributed by atoms with van der Waals surface area (Å²) in [4.78, 5) is 0. The summed E-state index contributed by atoms with van der Waals surface area (Å²) in [6, 6.07) is 0. The Hall–Kier alpha value is 0.394. The second-order valence-electron chi connectivity index (χ2n) is 4.54. The van der Waals surface area contributed by atoms with Crippen LogP contribution >= 0.6 is 0 Å². The Bertz CT molecular complexity index is 103. The van der Waals surface area contributed by atoms with Gasteiger partial charge in [0.2, 0.25) is 0 Å². The van der Waals surface area contributed by atoms with Crippen LogP contribution in [0.4, 0.5) is 0 Å². The first-order valence-electron chi connectivity index (χ1n) is 4.30. The average Bonchev–Trinajstić information content (AvgIpc) is 2.12. The standard InChI is InChI=1S/C7H19NSi2/c1-7(2,9)10-8-5-3-4-6-8/h3-6,10H2,1-2,9H3. The lowest BCUT2D eigenvalue weighted by atomic mass is 10.4. The Kier molecular flexibility index (Phi) is 2.71. The molecule has 1 fully saturated rings. The van der Waals surface area contributed by atoms with Crippen LogP contribution in [-0.2, 0) is 0 Å². The molecule has 0 amide bonds. The zero-order valence-electron chi connectivity index (χ0n) is 7.48. The van der Waals surface area contributed by atoms with Crippen LogP contribution in [0.25, 0.3) is 0 Å². The molecule has 10 heavy (non-hydrogen) atoms. The minimum Gasteiger partial charge on any atom is -0.329 e. The molecule has 3 heteroatoms. The van der Waals surface area contributed by atoms with Crippen molar-refractivity contribution in [3.05, 3.63) is 0 Å². The molecule has 1 aliphatic rings. The molecule has 0 aliphatic carbocycles. The van der Waals surface area contributed by atoms with Gasteiger partial charge in [0, 0.05) is 10.2 Å². The SMILES string of the molecule is CC(C)([SiH3])[SiH2]N1CCCC1. The lowest BCUT2D eigenvalue weighted by Gasteiger charge is -2.24. The van der Waals surface area contributed by atoms with Gasteiger partial charge in [-0.3, -0.25) is 0 Å². The van der Waals surface area contributed by atoms with Crippen molar-refractivity contribution >= 4 is 19.9 Å². The lowest BCUT2D eigenvalue weighted by Crippen LogP contribution is -2.32. The third-order valence-electron chi connectivity index (χ3n) is 1.90. The second-order valence-corrected chi connectivity index (χ2v) is 12.0. The van der Waals surface area contributed by atoms with E-state index in [0.29, 0.717) is 0 Å². The predicted molar refractivity (Wildman–Crippen MR) is 53.3 cm³/mol. The summed E-state index contributed by atoms with van der Waals surface area (Å²) in [6.07, 6.45) is 2.93. The van der Waals surface area contributed by atoms with Crippen molar-refractivity contribution in [2.75, 3.05) is 13.1 Å². The van der Waals surface area contributed by atoms with E-state index in [1.54, 1.807) is 0 Å². The summed E-state index contributed by atoms with van der Waals surface area (Å²) in [5, 5.41) is 0. The van der Waals surface area contributed by atoms with Crippen molar-refractivity contribution < 1.29 is 0 Å². The Balaban J connectivity index is 2.24. The molecule has 0 aromatic heterocycles. The van der Waals surface area contributed by atoms with Crippen molar-refractivity contribution in [3.63, 3.8) is 0 Å². The van der Waals surface area contributed by atoms with Crippen LogP contribution in [0.5, 0.6) is 0 Å². The van der Waals surface area contributed by atoms with E-state index in [0.717, 1.165) is 4.66 Å². The minimum atomic E-state index is 0.121. The van der Waals surface area contributed by atoms with Gasteiger partial charge in [0.1, 0.15) is 0 Å². The maximum absolute atomic E-state index is 2.74. The van der Waals surface area contributed by atoms with Gasteiger partial charge in [-0.05, 0) is 30.6 Å². The largest absolute Gasteiger partial charge is 0.329 e. The number of hydrogen-bond donors (Lipinski definition) is 0. The van der Waals surface area contributed by atoms with E-state index in [1.807, 2.05) is 0 Å². The first-order valence-corrected chi connectivity index (χ1v) is 6.64. The molecule has 0 radical (unpaired) electrons. The third kappa shape index (κ3) is 2.99. The van der Waals surface area contributed by atoms with Gasteiger partial charge in [0.25, 0.3) is 0 Å². The monoisotopic (exact) mass is 173 g/mol. The zero-order chi connectivity index (χ0) is 7.61. The highest BCUT2D eigenvalue weighted by Crippen LogP contribution is 2.19. The van der Waals surface area contributed by atoms with Crippen LogP contribution in [0.15, 0.2) is 0 Å². The molecule has 1 rings (SSSR count). The van der Waals surface area contributed by atoms with Crippen molar-refractivity contribution in [1.29, 1.82) is 0 Å². The highest BCUT2D eigenvalue weighted by atomic mass is 28.3. The van der Waals surface area contributed by atoms with E-state index in [-0.39, 0.29) is 9.68 Å². The summed E-state index contributed by atoms with van der Waals surface area (Å²) in [7, 11) is 1.50. The van der Waals surface area contributed by atoms with E-state index in [9.17, 15) is 0 Å². The van der Waals surface area contributed by atoms with Crippen molar-refractivity contribution in [1.82, 2.24) is 4.57 Å². The molecule has 1 nitrogen and oxygen atoms in total. The van der Waals surface area contributed by atoms with Crippen LogP contribution in [0.1, 0.15) is 26.7 Å². The van der Waals surface area contributed by atoms with E-state index < -0.39 is 0 Å². The molecule has 1 heterocycles. The number of nitrogens with zero attached hydrogens (tertiary/aromatic N) is 1. The van der Waals surface area contributed by atoms with Gasteiger partial charge in [0.05, 0.1) is 9.68 Å². The molecule has 0 N–H and O–H groups in total. The van der Waals surface area contributed by atoms with E-state index in [1.165, 1.54) is 36.2 Å². The van der Waals surface area contributed by atoms with Gasteiger partial charge < -0.3 is 4.57 Å². The third-order valence-corrected chi connectivity index (χ3v) is 4.87. The molecule has 0 aromatic rings. The van der Waals surface area contributed by atoms with Crippen LogP contribution in [0.3, 0.4) is 0 Å². The fourth-order valence-electron chi connectivity index (χ4n) is 1.61. The molecule has 0 aromatic carbocycles. The smallest absolute Gasteiger partial charge is 0.0971 e. The van der Waals surface area contributed by atoms with Crippen LogP contribution in [0, 0.1) is 0 Å². The average molecular weight is 173 g/mol. The molecule has 0 saturated carbocycles. The minimum absolute atomic E-state index is 0.121. The van der Waals surface area contributed by atoms with Crippen LogP contribution in [0.2, 0.25) is 4.66 Å². The molecule has 0 atom stereocenters. The summed E-state index contributed by atoms with van der Waals surface area (Å²) in [6.45, 7) is 7.70. The zero-order valence-corrected chi connectivity index (χ0v) is 10.9. The lowest BCUT2D eigenvalue weighted by molar-refractivity contribution is 0.536. The highest BCUT2D eigenvalue weighted by molar-refractivity contribution is 6.51. The van der Waals surface area contributed by atoms with E-state index in [4.69, 9.17) is 0 Å². The first-order chi connectivity index (χ1) is 4.58. The molecule has 1 saturated heterocycles. The Labute approximate surface area is 69.5 Å². The van der Waals surface area contributed by atoms with Crippen molar-refractivity contribution in [3.8, 4) is 0 Å². The normalized spacial score (nSPS) is 23.4. The Morgan fingerprint density at radius 3 is 2.20 bits per heavy atom. The van der Waals surface area contributed by atoms with Gasteiger partial charge in [-0.1, -0.05) is 13.8 Å². The Morgan fingerprint density at radius 1 is 1.30 bits per heavy atom. The van der Waals surface area contributed by atoms with E-state index >= 15 is 0 Å². The molecule has 1 aliphatic heterocycles. The van der Waals surface area contributed by atoms with Gasteiger partial charge in [-0.25, -0.2) is 0 Å². The van der Waals surface area contributed by atoms with Gasteiger partial charge >= 0.3 is 0 Å². The molecule has 0 bridgehead atoms. The fourth-order valence-corrected chi connectivity index (χ4v) is 5.06. The Morgan fingerprint density at radius 2 is 1.80 bits per heavy atom. The quantitative estimate of drug-likeness (QED) is 0.518. The molecular formula is C7H19NSi2.